The van der Waals surface area contributed by atoms with Gasteiger partial charge >= 0.3 is 0 Å². The number of amides is 1. The van der Waals surface area contributed by atoms with Crippen molar-refractivity contribution in [3.05, 3.63) is 41.5 Å². The molecule has 0 aliphatic heterocycles. The molecule has 8 nitrogen and oxygen atoms in total. The van der Waals surface area contributed by atoms with Crippen LogP contribution in [-0.2, 0) is 0 Å². The lowest BCUT2D eigenvalue weighted by atomic mass is 10.1. The summed E-state index contributed by atoms with van der Waals surface area (Å²) in [4.78, 5) is 12.7. The minimum atomic E-state index is -0.402. The SMILES string of the molecule is CCCOc1ccc(/C=N/NC(=O)c2cc(OCC)c(OCC)c(OCC)c2)cc1OC. The minimum absolute atomic E-state index is 0.346. The molecule has 2 rings (SSSR count). The Morgan fingerprint density at radius 3 is 2.09 bits per heavy atom. The van der Waals surface area contributed by atoms with Crippen LogP contribution < -0.4 is 29.1 Å². The van der Waals surface area contributed by atoms with Crippen LogP contribution in [-0.4, -0.2) is 45.7 Å². The first-order valence-corrected chi connectivity index (χ1v) is 10.8. The van der Waals surface area contributed by atoms with Crippen molar-refractivity contribution in [3.63, 3.8) is 0 Å². The molecule has 0 saturated carbocycles. The zero-order valence-corrected chi connectivity index (χ0v) is 19.4. The standard InChI is InChI=1S/C24H32N2O6/c1-6-12-32-19-11-10-17(13-20(19)28-5)16-25-26-24(27)18-14-21(29-7-2)23(31-9-4)22(15-18)30-8-3/h10-11,13-16H,6-9,12H2,1-5H3,(H,26,27)/b25-16+. The number of hydrogen-bond acceptors (Lipinski definition) is 7. The highest BCUT2D eigenvalue weighted by atomic mass is 16.5. The van der Waals surface area contributed by atoms with Gasteiger partial charge in [0.25, 0.3) is 5.91 Å². The van der Waals surface area contributed by atoms with Gasteiger partial charge in [0.05, 0.1) is 39.8 Å². The third-order valence-electron chi connectivity index (χ3n) is 4.20. The Balaban J connectivity index is 2.18. The van der Waals surface area contributed by atoms with Gasteiger partial charge in [-0.05, 0) is 63.1 Å². The molecule has 1 amide bonds. The number of ether oxygens (including phenoxy) is 5. The number of carbonyl (C=O) groups excluding carboxylic acids is 1. The largest absolute Gasteiger partial charge is 0.493 e. The van der Waals surface area contributed by atoms with Crippen molar-refractivity contribution in [2.45, 2.75) is 34.1 Å². The maximum Gasteiger partial charge on any atom is 0.271 e. The average molecular weight is 445 g/mol. The lowest BCUT2D eigenvalue weighted by molar-refractivity contribution is 0.0954. The molecule has 2 aromatic carbocycles. The zero-order chi connectivity index (χ0) is 23.3. The molecule has 0 bridgehead atoms. The molecule has 0 aliphatic rings. The number of hydrazone groups is 1. The van der Waals surface area contributed by atoms with Crippen LogP contribution >= 0.6 is 0 Å². The van der Waals surface area contributed by atoms with E-state index >= 15 is 0 Å². The Kier molecular flexibility index (Phi) is 10.2. The van der Waals surface area contributed by atoms with Crippen molar-refractivity contribution < 1.29 is 28.5 Å². The van der Waals surface area contributed by atoms with E-state index in [1.165, 1.54) is 6.21 Å². The number of benzene rings is 2. The molecule has 0 fully saturated rings. The highest BCUT2D eigenvalue weighted by Crippen LogP contribution is 2.39. The van der Waals surface area contributed by atoms with E-state index < -0.39 is 5.91 Å². The number of carbonyl (C=O) groups is 1. The van der Waals surface area contributed by atoms with E-state index in [2.05, 4.69) is 10.5 Å². The van der Waals surface area contributed by atoms with Gasteiger partial charge in [-0.1, -0.05) is 6.92 Å². The first kappa shape index (κ1) is 24.8. The molecule has 0 aliphatic carbocycles. The van der Waals surface area contributed by atoms with Gasteiger partial charge in [-0.2, -0.15) is 5.10 Å². The van der Waals surface area contributed by atoms with E-state index in [1.54, 1.807) is 25.3 Å². The van der Waals surface area contributed by atoms with Gasteiger partial charge in [0.1, 0.15) is 0 Å². The van der Waals surface area contributed by atoms with Crippen molar-refractivity contribution in [3.8, 4) is 28.7 Å². The van der Waals surface area contributed by atoms with Gasteiger partial charge in [0, 0.05) is 5.56 Å². The molecule has 8 heteroatoms. The normalized spacial score (nSPS) is 10.7. The van der Waals surface area contributed by atoms with E-state index in [0.29, 0.717) is 60.7 Å². The molecule has 0 unspecified atom stereocenters. The fourth-order valence-corrected chi connectivity index (χ4v) is 2.85. The molecule has 0 atom stereocenters. The fourth-order valence-electron chi connectivity index (χ4n) is 2.85. The van der Waals surface area contributed by atoms with Gasteiger partial charge < -0.3 is 23.7 Å². The second-order valence-electron chi connectivity index (χ2n) is 6.56. The van der Waals surface area contributed by atoms with E-state index in [4.69, 9.17) is 23.7 Å². The summed E-state index contributed by atoms with van der Waals surface area (Å²) in [6.07, 6.45) is 2.44. The monoisotopic (exact) mass is 444 g/mol. The van der Waals surface area contributed by atoms with Crippen molar-refractivity contribution >= 4 is 12.1 Å². The van der Waals surface area contributed by atoms with Crippen LogP contribution in [0.15, 0.2) is 35.4 Å². The van der Waals surface area contributed by atoms with Crippen LogP contribution in [0.3, 0.4) is 0 Å². The van der Waals surface area contributed by atoms with Crippen molar-refractivity contribution in [1.82, 2.24) is 5.43 Å². The first-order chi connectivity index (χ1) is 15.6. The topological polar surface area (TPSA) is 87.6 Å². The molecular weight excluding hydrogens is 412 g/mol. The van der Waals surface area contributed by atoms with Crippen molar-refractivity contribution in [1.29, 1.82) is 0 Å². The summed E-state index contributed by atoms with van der Waals surface area (Å²) in [5, 5.41) is 4.06. The Labute approximate surface area is 189 Å². The number of methoxy groups -OCH3 is 1. The van der Waals surface area contributed by atoms with Gasteiger partial charge in [0.15, 0.2) is 23.0 Å². The molecule has 2 aromatic rings. The zero-order valence-electron chi connectivity index (χ0n) is 19.4. The summed E-state index contributed by atoms with van der Waals surface area (Å²) >= 11 is 0. The third-order valence-corrected chi connectivity index (χ3v) is 4.20. The van der Waals surface area contributed by atoms with Gasteiger partial charge in [-0.3, -0.25) is 4.79 Å². The lowest BCUT2D eigenvalue weighted by Gasteiger charge is -2.16. The summed E-state index contributed by atoms with van der Waals surface area (Å²) in [6.45, 7) is 9.54. The van der Waals surface area contributed by atoms with E-state index in [-0.39, 0.29) is 0 Å². The summed E-state index contributed by atoms with van der Waals surface area (Å²) < 4.78 is 28.0. The summed E-state index contributed by atoms with van der Waals surface area (Å²) in [5.41, 5.74) is 3.63. The molecule has 0 radical (unpaired) electrons. The molecule has 0 aromatic heterocycles. The molecule has 32 heavy (non-hydrogen) atoms. The number of rotatable bonds is 13. The van der Waals surface area contributed by atoms with Gasteiger partial charge in [-0.25, -0.2) is 5.43 Å². The van der Waals surface area contributed by atoms with E-state index in [0.717, 1.165) is 12.0 Å². The molecule has 0 saturated heterocycles. The predicted octanol–water partition coefficient (Wildman–Crippen LogP) is 4.44. The van der Waals surface area contributed by atoms with Crippen molar-refractivity contribution in [2.75, 3.05) is 33.5 Å². The smallest absolute Gasteiger partial charge is 0.271 e. The Hall–Kier alpha value is -3.42. The van der Waals surface area contributed by atoms with Crippen molar-refractivity contribution in [2.24, 2.45) is 5.10 Å². The van der Waals surface area contributed by atoms with E-state index in [1.807, 2.05) is 39.8 Å². The number of hydrogen-bond donors (Lipinski definition) is 1. The maximum absolute atomic E-state index is 12.7. The van der Waals surface area contributed by atoms with Gasteiger partial charge in [0.2, 0.25) is 5.75 Å². The maximum atomic E-state index is 12.7. The summed E-state index contributed by atoms with van der Waals surface area (Å²) in [6, 6.07) is 8.67. The van der Waals surface area contributed by atoms with Crippen LogP contribution in [0, 0.1) is 0 Å². The Morgan fingerprint density at radius 2 is 1.53 bits per heavy atom. The van der Waals surface area contributed by atoms with E-state index in [9.17, 15) is 4.79 Å². The molecule has 0 spiro atoms. The van der Waals surface area contributed by atoms with Crippen LogP contribution in [0.25, 0.3) is 0 Å². The molecule has 0 heterocycles. The molecular formula is C24H32N2O6. The molecule has 1 N–H and O–H groups in total. The lowest BCUT2D eigenvalue weighted by Crippen LogP contribution is -2.18. The first-order valence-electron chi connectivity index (χ1n) is 10.8. The Bertz CT molecular complexity index is 886. The van der Waals surface area contributed by atoms with Crippen LogP contribution in [0.5, 0.6) is 28.7 Å². The minimum Gasteiger partial charge on any atom is -0.493 e. The average Bonchev–Trinajstić information content (AvgIpc) is 2.80. The highest BCUT2D eigenvalue weighted by molar-refractivity contribution is 5.96. The van der Waals surface area contributed by atoms with Gasteiger partial charge in [-0.15, -0.1) is 0 Å². The number of nitrogens with zero attached hydrogens (tertiary/aromatic N) is 1. The fraction of sp³-hybridized carbons (Fsp3) is 0.417. The molecule has 174 valence electrons. The van der Waals surface area contributed by atoms with Crippen LogP contribution in [0.1, 0.15) is 50.0 Å². The second kappa shape index (κ2) is 13.1. The summed E-state index contributed by atoms with van der Waals surface area (Å²) in [5.74, 6) is 2.23. The quantitative estimate of drug-likeness (QED) is 0.363. The third kappa shape index (κ3) is 6.80. The van der Waals surface area contributed by atoms with Crippen LogP contribution in [0.2, 0.25) is 0 Å². The number of nitrogens with one attached hydrogen (secondary N) is 1. The predicted molar refractivity (Wildman–Crippen MR) is 124 cm³/mol. The summed E-state index contributed by atoms with van der Waals surface area (Å²) in [7, 11) is 1.58. The highest BCUT2D eigenvalue weighted by Gasteiger charge is 2.18. The van der Waals surface area contributed by atoms with Crippen LogP contribution in [0.4, 0.5) is 0 Å². The Morgan fingerprint density at radius 1 is 0.875 bits per heavy atom. The second-order valence-corrected chi connectivity index (χ2v) is 6.56.